The number of amides is 3. The van der Waals surface area contributed by atoms with E-state index in [4.69, 9.17) is 14.5 Å². The molecular weight excluding hydrogens is 612 g/mol. The summed E-state index contributed by atoms with van der Waals surface area (Å²) in [5.74, 6) is 1.28. The zero-order chi connectivity index (χ0) is 33.8. The Morgan fingerprint density at radius 2 is 1.94 bits per heavy atom. The maximum atomic E-state index is 13.4. The van der Waals surface area contributed by atoms with Crippen molar-refractivity contribution in [1.82, 2.24) is 29.3 Å². The number of hydrogen-bond acceptors (Lipinski definition) is 9. The van der Waals surface area contributed by atoms with E-state index in [1.54, 1.807) is 31.4 Å². The van der Waals surface area contributed by atoms with Gasteiger partial charge in [0.15, 0.2) is 0 Å². The number of carbonyl (C=O) groups is 3. The number of piperidine rings is 1. The lowest BCUT2D eigenvalue weighted by atomic mass is 9.84. The van der Waals surface area contributed by atoms with Gasteiger partial charge in [-0.25, -0.2) is 14.8 Å². The molecule has 4 unspecified atom stereocenters. The van der Waals surface area contributed by atoms with Gasteiger partial charge in [0.05, 0.1) is 24.5 Å². The molecule has 48 heavy (non-hydrogen) atoms. The maximum Gasteiger partial charge on any atom is 0.410 e. The summed E-state index contributed by atoms with van der Waals surface area (Å²) in [6, 6.07) is 5.68. The van der Waals surface area contributed by atoms with Crippen molar-refractivity contribution < 1.29 is 23.9 Å². The van der Waals surface area contributed by atoms with E-state index >= 15 is 0 Å². The molecule has 0 radical (unpaired) electrons. The molecule has 4 aliphatic rings. The van der Waals surface area contributed by atoms with Crippen LogP contribution in [0.2, 0.25) is 0 Å². The van der Waals surface area contributed by atoms with Gasteiger partial charge in [0, 0.05) is 57.8 Å². The molecule has 1 N–H and O–H groups in total. The Kier molecular flexibility index (Phi) is 8.29. The van der Waals surface area contributed by atoms with E-state index in [9.17, 15) is 14.4 Å². The Morgan fingerprint density at radius 3 is 2.65 bits per heavy atom. The van der Waals surface area contributed by atoms with E-state index in [0.717, 1.165) is 49.6 Å². The van der Waals surface area contributed by atoms with Gasteiger partial charge >= 0.3 is 6.09 Å². The van der Waals surface area contributed by atoms with Crippen LogP contribution in [-0.4, -0.2) is 99.3 Å². The van der Waals surface area contributed by atoms with Crippen LogP contribution in [0.4, 0.5) is 22.2 Å². The minimum Gasteiger partial charge on any atom is -0.444 e. The monoisotopic (exact) mass is 658 g/mol. The normalized spacial score (nSPS) is 25.9. The second-order valence-corrected chi connectivity index (χ2v) is 15.2. The van der Waals surface area contributed by atoms with Gasteiger partial charge in [-0.3, -0.25) is 9.59 Å². The molecule has 4 atom stereocenters. The first-order valence-corrected chi connectivity index (χ1v) is 17.1. The fraction of sp³-hybridized carbons (Fsp3) is 0.600. The van der Waals surface area contributed by atoms with Crippen molar-refractivity contribution in [1.29, 1.82) is 0 Å². The number of hydrogen-bond donors (Lipinski definition) is 1. The van der Waals surface area contributed by atoms with Gasteiger partial charge in [0.1, 0.15) is 22.8 Å². The lowest BCUT2D eigenvalue weighted by Gasteiger charge is -2.38. The predicted octanol–water partition coefficient (Wildman–Crippen LogP) is 5.16. The standard InChI is InChI=1S/C35H46N8O5/c1-34(2,3)48-33(46)41-12-6-8-22-15-35(16-27(22)41)17-29(44)42(21-35)24-10-11-28(36-19-24)38-32-37-18-23-14-26(31(45)40(4)5)43(30(23)39-32)25-9-7-13-47-20-25/h10-11,14,18-19,22,25,27H,6-9,12-13,15-17,20-21H2,1-5H3,(H,36,37,38,39). The molecule has 1 spiro atoms. The van der Waals surface area contributed by atoms with E-state index in [1.165, 1.54) is 0 Å². The SMILES string of the molecule is CN(C)C(=O)c1cc2cnc(Nc3ccc(N4CC5(CC4=O)CC4CCCN(C(=O)OC(C)(C)C)C4C5)cn3)nc2n1C1CCCOC1. The third kappa shape index (κ3) is 6.20. The number of aromatic nitrogens is 4. The number of nitrogens with one attached hydrogen (secondary N) is 1. The molecule has 3 saturated heterocycles. The number of carbonyl (C=O) groups excluding carboxylic acids is 3. The minimum atomic E-state index is -0.543. The Labute approximate surface area is 281 Å². The van der Waals surface area contributed by atoms with Gasteiger partial charge in [0.2, 0.25) is 11.9 Å². The summed E-state index contributed by atoms with van der Waals surface area (Å²) >= 11 is 0. The van der Waals surface area contributed by atoms with E-state index in [-0.39, 0.29) is 35.4 Å². The highest BCUT2D eigenvalue weighted by atomic mass is 16.6. The molecule has 1 saturated carbocycles. The number of likely N-dealkylation sites (tertiary alicyclic amines) is 1. The van der Waals surface area contributed by atoms with Gasteiger partial charge in [-0.15, -0.1) is 0 Å². The van der Waals surface area contributed by atoms with E-state index in [2.05, 4.69) is 15.3 Å². The van der Waals surface area contributed by atoms with Crippen LogP contribution in [0.1, 0.15) is 82.2 Å². The fourth-order valence-corrected chi connectivity index (χ4v) is 8.18. The smallest absolute Gasteiger partial charge is 0.410 e. The Morgan fingerprint density at radius 1 is 1.10 bits per heavy atom. The van der Waals surface area contributed by atoms with Gasteiger partial charge in [0.25, 0.3) is 5.91 Å². The van der Waals surface area contributed by atoms with Gasteiger partial charge in [-0.1, -0.05) is 0 Å². The van der Waals surface area contributed by atoms with Crippen LogP contribution in [0.3, 0.4) is 0 Å². The quantitative estimate of drug-likeness (QED) is 0.395. The van der Waals surface area contributed by atoms with Crippen molar-refractivity contribution >= 4 is 46.4 Å². The highest BCUT2D eigenvalue weighted by molar-refractivity contribution is 5.98. The molecule has 3 aromatic heterocycles. The zero-order valence-corrected chi connectivity index (χ0v) is 28.6. The average molecular weight is 659 g/mol. The third-order valence-corrected chi connectivity index (χ3v) is 10.2. The van der Waals surface area contributed by atoms with Gasteiger partial charge < -0.3 is 34.1 Å². The molecule has 13 heteroatoms. The lowest BCUT2D eigenvalue weighted by molar-refractivity contribution is -0.117. The second kappa shape index (κ2) is 12.3. The van der Waals surface area contributed by atoms with Crippen molar-refractivity contribution in [3.05, 3.63) is 36.3 Å². The van der Waals surface area contributed by atoms with Crippen molar-refractivity contribution in [2.75, 3.05) is 50.6 Å². The number of ether oxygens (including phenoxy) is 2. The topological polar surface area (TPSA) is 135 Å². The molecule has 256 valence electrons. The van der Waals surface area contributed by atoms with Crippen LogP contribution in [0.15, 0.2) is 30.6 Å². The van der Waals surface area contributed by atoms with Crippen LogP contribution in [-0.2, 0) is 14.3 Å². The first kappa shape index (κ1) is 32.3. The summed E-state index contributed by atoms with van der Waals surface area (Å²) in [4.78, 5) is 58.8. The first-order valence-electron chi connectivity index (χ1n) is 17.1. The van der Waals surface area contributed by atoms with E-state index in [0.29, 0.717) is 61.7 Å². The van der Waals surface area contributed by atoms with Crippen LogP contribution < -0.4 is 10.2 Å². The molecule has 7 rings (SSSR count). The Balaban J connectivity index is 1.06. The van der Waals surface area contributed by atoms with Crippen molar-refractivity contribution in [3.8, 4) is 0 Å². The highest BCUT2D eigenvalue weighted by Crippen LogP contribution is 2.53. The van der Waals surface area contributed by atoms with Crippen molar-refractivity contribution in [2.24, 2.45) is 11.3 Å². The zero-order valence-electron chi connectivity index (χ0n) is 28.6. The maximum absolute atomic E-state index is 13.4. The number of anilines is 3. The Bertz CT molecular complexity index is 1710. The summed E-state index contributed by atoms with van der Waals surface area (Å²) in [6.45, 7) is 8.25. The number of nitrogens with zero attached hydrogens (tertiary/aromatic N) is 7. The van der Waals surface area contributed by atoms with Crippen LogP contribution >= 0.6 is 0 Å². The van der Waals surface area contributed by atoms with Gasteiger partial charge in [-0.2, -0.15) is 4.98 Å². The molecule has 3 aliphatic heterocycles. The molecule has 1 aliphatic carbocycles. The number of pyridine rings is 1. The molecule has 6 heterocycles. The summed E-state index contributed by atoms with van der Waals surface area (Å²) in [5, 5.41) is 3.98. The molecular formula is C35H46N8O5. The van der Waals surface area contributed by atoms with E-state index in [1.807, 2.05) is 53.3 Å². The van der Waals surface area contributed by atoms with Crippen LogP contribution in [0.25, 0.3) is 11.0 Å². The molecule has 3 aromatic rings. The van der Waals surface area contributed by atoms with Crippen LogP contribution in [0.5, 0.6) is 0 Å². The summed E-state index contributed by atoms with van der Waals surface area (Å²) < 4.78 is 13.5. The summed E-state index contributed by atoms with van der Waals surface area (Å²) in [5.41, 5.74) is 1.27. The summed E-state index contributed by atoms with van der Waals surface area (Å²) in [6.07, 6.45) is 9.24. The molecule has 3 amide bonds. The fourth-order valence-electron chi connectivity index (χ4n) is 8.18. The minimum absolute atomic E-state index is 0.000740. The average Bonchev–Trinajstić information content (AvgIpc) is 3.71. The molecule has 4 fully saturated rings. The van der Waals surface area contributed by atoms with E-state index < -0.39 is 5.60 Å². The Hall–Kier alpha value is -4.26. The number of fused-ring (bicyclic) bond motifs is 2. The van der Waals surface area contributed by atoms with Crippen molar-refractivity contribution in [3.63, 3.8) is 0 Å². The van der Waals surface area contributed by atoms with Crippen LogP contribution in [0, 0.1) is 11.3 Å². The molecule has 0 bridgehead atoms. The van der Waals surface area contributed by atoms with Crippen molar-refractivity contribution in [2.45, 2.75) is 83.4 Å². The first-order chi connectivity index (χ1) is 22.9. The largest absolute Gasteiger partial charge is 0.444 e. The summed E-state index contributed by atoms with van der Waals surface area (Å²) in [7, 11) is 3.48. The second-order valence-electron chi connectivity index (χ2n) is 15.2. The number of rotatable bonds is 5. The lowest BCUT2D eigenvalue weighted by Crippen LogP contribution is -2.48. The molecule has 13 nitrogen and oxygen atoms in total. The highest BCUT2D eigenvalue weighted by Gasteiger charge is 2.55. The predicted molar refractivity (Wildman–Crippen MR) is 180 cm³/mol. The van der Waals surface area contributed by atoms with Gasteiger partial charge in [-0.05, 0) is 88.8 Å². The third-order valence-electron chi connectivity index (χ3n) is 10.2. The molecule has 0 aromatic carbocycles.